The van der Waals surface area contributed by atoms with E-state index in [0.717, 1.165) is 0 Å². The van der Waals surface area contributed by atoms with Gasteiger partial charge < -0.3 is 4.74 Å². The van der Waals surface area contributed by atoms with Gasteiger partial charge in [0.2, 0.25) is 11.7 Å². The summed E-state index contributed by atoms with van der Waals surface area (Å²) in [6.45, 7) is 2.09. The smallest absolute Gasteiger partial charge is 0.307 e. The number of carbonyl (C=O) groups is 1. The second-order valence-electron chi connectivity index (χ2n) is 3.21. The summed E-state index contributed by atoms with van der Waals surface area (Å²) in [6.07, 6.45) is 1.27. The van der Waals surface area contributed by atoms with E-state index in [9.17, 15) is 13.6 Å². The van der Waals surface area contributed by atoms with Gasteiger partial charge in [-0.3, -0.25) is 4.79 Å². The van der Waals surface area contributed by atoms with E-state index in [1.165, 1.54) is 26.3 Å². The maximum Gasteiger partial charge on any atom is 0.307 e. The lowest BCUT2D eigenvalue weighted by molar-refractivity contribution is 0.0220. The second kappa shape index (κ2) is 3.92. The molecule has 0 aliphatic carbocycles. The first-order valence-corrected chi connectivity index (χ1v) is 4.30. The zero-order valence-electron chi connectivity index (χ0n) is 8.67. The molecule has 1 aromatic rings. The first kappa shape index (κ1) is 11.6. The lowest BCUT2D eigenvalue weighted by Gasteiger charge is -2.12. The van der Waals surface area contributed by atoms with Crippen LogP contribution in [0.3, 0.4) is 0 Å². The van der Waals surface area contributed by atoms with Crippen molar-refractivity contribution >= 4 is 5.78 Å². The van der Waals surface area contributed by atoms with Crippen LogP contribution in [-0.4, -0.2) is 23.8 Å². The number of rotatable bonds is 3. The molecule has 82 valence electrons. The molecule has 0 radical (unpaired) electrons. The topological polar surface area (TPSA) is 39.2 Å². The summed E-state index contributed by atoms with van der Waals surface area (Å²) in [5, 5.41) is 0. The Morgan fingerprint density at radius 3 is 2.60 bits per heavy atom. The standard InChI is InChI=1S/C10H11F2NO2/c1-6-7(8(14)10(2,11)12)4-5-13-9(6)15-3/h4-5H,1-3H3. The number of carbonyl (C=O) groups excluding carboxylic acids is 1. The minimum absolute atomic E-state index is 0.0608. The van der Waals surface area contributed by atoms with Crippen molar-refractivity contribution in [1.82, 2.24) is 4.98 Å². The van der Waals surface area contributed by atoms with Gasteiger partial charge in [-0.2, -0.15) is 8.78 Å². The molecule has 0 saturated heterocycles. The van der Waals surface area contributed by atoms with Gasteiger partial charge in [-0.15, -0.1) is 0 Å². The highest BCUT2D eigenvalue weighted by atomic mass is 19.3. The largest absolute Gasteiger partial charge is 0.481 e. The number of aromatic nitrogens is 1. The Kier molecular flexibility index (Phi) is 3.02. The van der Waals surface area contributed by atoms with E-state index in [2.05, 4.69) is 4.98 Å². The van der Waals surface area contributed by atoms with E-state index >= 15 is 0 Å². The Hall–Kier alpha value is -1.52. The van der Waals surface area contributed by atoms with E-state index in [1.807, 2.05) is 0 Å². The molecule has 0 amide bonds. The summed E-state index contributed by atoms with van der Waals surface area (Å²) in [7, 11) is 1.37. The molecule has 0 aliphatic rings. The lowest BCUT2D eigenvalue weighted by atomic mass is 10.0. The molecule has 0 bridgehead atoms. The lowest BCUT2D eigenvalue weighted by Crippen LogP contribution is -2.25. The third kappa shape index (κ3) is 2.29. The van der Waals surface area contributed by atoms with Crippen LogP contribution in [0.1, 0.15) is 22.8 Å². The van der Waals surface area contributed by atoms with Crippen LogP contribution in [0.5, 0.6) is 5.88 Å². The van der Waals surface area contributed by atoms with Crippen LogP contribution in [0.4, 0.5) is 8.78 Å². The molecule has 1 aromatic heterocycles. The van der Waals surface area contributed by atoms with Gasteiger partial charge in [0.1, 0.15) is 0 Å². The molecular weight excluding hydrogens is 204 g/mol. The molecule has 0 unspecified atom stereocenters. The highest BCUT2D eigenvalue weighted by molar-refractivity contribution is 6.02. The molecule has 0 aliphatic heterocycles. The van der Waals surface area contributed by atoms with Gasteiger partial charge in [-0.05, 0) is 13.0 Å². The van der Waals surface area contributed by atoms with Crippen molar-refractivity contribution < 1.29 is 18.3 Å². The van der Waals surface area contributed by atoms with Crippen LogP contribution >= 0.6 is 0 Å². The van der Waals surface area contributed by atoms with Crippen LogP contribution < -0.4 is 4.74 Å². The zero-order valence-corrected chi connectivity index (χ0v) is 8.67. The average molecular weight is 215 g/mol. The summed E-state index contributed by atoms with van der Waals surface area (Å²) >= 11 is 0. The van der Waals surface area contributed by atoms with Crippen molar-refractivity contribution in [3.63, 3.8) is 0 Å². The van der Waals surface area contributed by atoms with Gasteiger partial charge >= 0.3 is 5.92 Å². The van der Waals surface area contributed by atoms with Crippen molar-refractivity contribution in [2.24, 2.45) is 0 Å². The van der Waals surface area contributed by atoms with Crippen molar-refractivity contribution in [3.8, 4) is 5.88 Å². The SMILES string of the molecule is COc1nccc(C(=O)C(C)(F)F)c1C. The summed E-state index contributed by atoms with van der Waals surface area (Å²) in [4.78, 5) is 15.1. The first-order valence-electron chi connectivity index (χ1n) is 4.30. The summed E-state index contributed by atoms with van der Waals surface area (Å²) < 4.78 is 30.5. The minimum atomic E-state index is -3.38. The number of alkyl halides is 2. The molecule has 0 fully saturated rings. The fraction of sp³-hybridized carbons (Fsp3) is 0.400. The number of nitrogens with zero attached hydrogens (tertiary/aromatic N) is 1. The number of Topliss-reactive ketones (excluding diaryl/α,β-unsaturated/α-hetero) is 1. The highest BCUT2D eigenvalue weighted by Crippen LogP contribution is 2.24. The summed E-state index contributed by atoms with van der Waals surface area (Å²) in [6, 6.07) is 1.26. The Morgan fingerprint density at radius 1 is 1.53 bits per heavy atom. The first-order chi connectivity index (χ1) is 6.88. The van der Waals surface area contributed by atoms with Crippen molar-refractivity contribution in [1.29, 1.82) is 0 Å². The van der Waals surface area contributed by atoms with Gasteiger partial charge in [0.15, 0.2) is 0 Å². The van der Waals surface area contributed by atoms with Crippen molar-refractivity contribution in [2.75, 3.05) is 7.11 Å². The second-order valence-corrected chi connectivity index (χ2v) is 3.21. The van der Waals surface area contributed by atoms with Crippen LogP contribution in [-0.2, 0) is 0 Å². The van der Waals surface area contributed by atoms with Crippen LogP contribution in [0, 0.1) is 6.92 Å². The molecule has 0 atom stereocenters. The molecule has 1 heterocycles. The Balaban J connectivity index is 3.22. The Morgan fingerprint density at radius 2 is 2.13 bits per heavy atom. The van der Waals surface area contributed by atoms with Crippen LogP contribution in [0.25, 0.3) is 0 Å². The Bertz CT molecular complexity index is 385. The maximum atomic E-state index is 12.8. The van der Waals surface area contributed by atoms with E-state index in [0.29, 0.717) is 12.5 Å². The van der Waals surface area contributed by atoms with E-state index in [1.54, 1.807) is 0 Å². The number of ketones is 1. The number of hydrogen-bond donors (Lipinski definition) is 0. The highest BCUT2D eigenvalue weighted by Gasteiger charge is 2.34. The van der Waals surface area contributed by atoms with E-state index in [4.69, 9.17) is 4.74 Å². The fourth-order valence-electron chi connectivity index (χ4n) is 1.20. The Labute approximate surface area is 86.1 Å². The fourth-order valence-corrected chi connectivity index (χ4v) is 1.20. The monoisotopic (exact) mass is 215 g/mol. The maximum absolute atomic E-state index is 12.8. The van der Waals surface area contributed by atoms with E-state index in [-0.39, 0.29) is 11.4 Å². The molecule has 0 saturated carbocycles. The number of halogens is 2. The van der Waals surface area contributed by atoms with Gasteiger partial charge in [-0.25, -0.2) is 4.98 Å². The van der Waals surface area contributed by atoms with Gasteiger partial charge in [0.25, 0.3) is 0 Å². The number of pyridine rings is 1. The number of ether oxygens (including phenoxy) is 1. The summed E-state index contributed by atoms with van der Waals surface area (Å²) in [5.41, 5.74) is 0.265. The van der Waals surface area contributed by atoms with E-state index < -0.39 is 11.7 Å². The predicted molar refractivity (Wildman–Crippen MR) is 50.5 cm³/mol. The normalized spacial score (nSPS) is 11.3. The molecular formula is C10H11F2NO2. The van der Waals surface area contributed by atoms with Crippen LogP contribution in [0.2, 0.25) is 0 Å². The van der Waals surface area contributed by atoms with Gasteiger partial charge in [0.05, 0.1) is 7.11 Å². The number of methoxy groups -OCH3 is 1. The van der Waals surface area contributed by atoms with Crippen molar-refractivity contribution in [2.45, 2.75) is 19.8 Å². The zero-order chi connectivity index (χ0) is 11.6. The molecule has 0 N–H and O–H groups in total. The van der Waals surface area contributed by atoms with Crippen molar-refractivity contribution in [3.05, 3.63) is 23.4 Å². The minimum Gasteiger partial charge on any atom is -0.481 e. The molecule has 15 heavy (non-hydrogen) atoms. The van der Waals surface area contributed by atoms with Gasteiger partial charge in [-0.1, -0.05) is 0 Å². The van der Waals surface area contributed by atoms with Gasteiger partial charge in [0, 0.05) is 24.2 Å². The third-order valence-electron chi connectivity index (χ3n) is 1.99. The molecule has 1 rings (SSSR count). The molecule has 0 spiro atoms. The van der Waals surface area contributed by atoms with Crippen LogP contribution in [0.15, 0.2) is 12.3 Å². The average Bonchev–Trinajstić information content (AvgIpc) is 2.16. The molecule has 3 nitrogen and oxygen atoms in total. The molecule has 5 heteroatoms. The summed E-state index contributed by atoms with van der Waals surface area (Å²) in [5.74, 6) is -4.41. The number of hydrogen-bond acceptors (Lipinski definition) is 3. The molecule has 0 aromatic carbocycles. The third-order valence-corrected chi connectivity index (χ3v) is 1.99. The quantitative estimate of drug-likeness (QED) is 0.726. The predicted octanol–water partition coefficient (Wildman–Crippen LogP) is 2.24.